The van der Waals surface area contributed by atoms with E-state index in [1.807, 2.05) is 30.5 Å². The lowest BCUT2D eigenvalue weighted by Gasteiger charge is -2.06. The summed E-state index contributed by atoms with van der Waals surface area (Å²) in [7, 11) is 0. The molecule has 126 valence electrons. The average Bonchev–Trinajstić information content (AvgIpc) is 3.22. The van der Waals surface area contributed by atoms with E-state index >= 15 is 0 Å². The smallest absolute Gasteiger partial charge is 0.361 e. The summed E-state index contributed by atoms with van der Waals surface area (Å²) in [5, 5.41) is 4.85. The van der Waals surface area contributed by atoms with Crippen LogP contribution in [0.2, 0.25) is 0 Å². The number of aromatic nitrogens is 3. The van der Waals surface area contributed by atoms with Gasteiger partial charge in [-0.05, 0) is 23.8 Å². The molecule has 0 bridgehead atoms. The fourth-order valence-corrected chi connectivity index (χ4v) is 2.72. The molecule has 0 aliphatic heterocycles. The van der Waals surface area contributed by atoms with Crippen LogP contribution >= 0.6 is 0 Å². The van der Waals surface area contributed by atoms with Gasteiger partial charge in [0.15, 0.2) is 0 Å². The van der Waals surface area contributed by atoms with Crippen molar-refractivity contribution in [2.24, 2.45) is 0 Å². The quantitative estimate of drug-likeness (QED) is 0.580. The first-order chi connectivity index (χ1) is 12.0. The van der Waals surface area contributed by atoms with Crippen molar-refractivity contribution in [1.82, 2.24) is 15.1 Å². The molecule has 0 amide bonds. The lowest BCUT2D eigenvalue weighted by Crippen LogP contribution is -2.04. The molecular formula is C18H12F3N3O. The van der Waals surface area contributed by atoms with E-state index in [2.05, 4.69) is 15.1 Å². The highest BCUT2D eigenvalue weighted by Crippen LogP contribution is 2.31. The Hall–Kier alpha value is -3.09. The first-order valence-electron chi connectivity index (χ1n) is 7.56. The fraction of sp³-hybridized carbons (Fsp3) is 0.111. The molecule has 0 spiro atoms. The minimum Gasteiger partial charge on any atom is -0.361 e. The molecule has 2 aromatic heterocycles. The molecule has 2 aromatic carbocycles. The van der Waals surface area contributed by atoms with Crippen LogP contribution in [0, 0.1) is 0 Å². The SMILES string of the molecule is FC(F)(F)c1cccc(-c2noc(Cc3c[nH]c4ccccc34)n2)c1. The Morgan fingerprint density at radius 3 is 2.72 bits per heavy atom. The van der Waals surface area contributed by atoms with E-state index in [4.69, 9.17) is 4.52 Å². The van der Waals surface area contributed by atoms with Gasteiger partial charge in [0.1, 0.15) is 0 Å². The number of alkyl halides is 3. The van der Waals surface area contributed by atoms with Gasteiger partial charge >= 0.3 is 6.18 Å². The molecule has 4 nitrogen and oxygen atoms in total. The van der Waals surface area contributed by atoms with Gasteiger partial charge < -0.3 is 9.51 Å². The average molecular weight is 343 g/mol. The maximum Gasteiger partial charge on any atom is 0.416 e. The fourth-order valence-electron chi connectivity index (χ4n) is 2.72. The van der Waals surface area contributed by atoms with Gasteiger partial charge in [0.05, 0.1) is 12.0 Å². The number of hydrogen-bond acceptors (Lipinski definition) is 3. The van der Waals surface area contributed by atoms with Crippen molar-refractivity contribution < 1.29 is 17.7 Å². The van der Waals surface area contributed by atoms with Gasteiger partial charge in [0.2, 0.25) is 11.7 Å². The molecule has 2 heterocycles. The topological polar surface area (TPSA) is 54.7 Å². The van der Waals surface area contributed by atoms with E-state index in [1.54, 1.807) is 0 Å². The number of fused-ring (bicyclic) bond motifs is 1. The molecule has 0 fully saturated rings. The number of aromatic amines is 1. The number of hydrogen-bond donors (Lipinski definition) is 1. The lowest BCUT2D eigenvalue weighted by molar-refractivity contribution is -0.137. The van der Waals surface area contributed by atoms with Crippen LogP contribution in [0.5, 0.6) is 0 Å². The lowest BCUT2D eigenvalue weighted by atomic mass is 10.1. The second-order valence-corrected chi connectivity index (χ2v) is 5.63. The molecule has 0 atom stereocenters. The van der Waals surface area contributed by atoms with Gasteiger partial charge in [0.25, 0.3) is 0 Å². The van der Waals surface area contributed by atoms with Gasteiger partial charge in [-0.2, -0.15) is 18.2 Å². The highest BCUT2D eigenvalue weighted by atomic mass is 19.4. The van der Waals surface area contributed by atoms with Gasteiger partial charge in [-0.3, -0.25) is 0 Å². The molecule has 0 aliphatic carbocycles. The molecule has 0 unspecified atom stereocenters. The first-order valence-corrected chi connectivity index (χ1v) is 7.56. The molecule has 0 aliphatic rings. The Morgan fingerprint density at radius 2 is 1.88 bits per heavy atom. The summed E-state index contributed by atoms with van der Waals surface area (Å²) in [6, 6.07) is 12.7. The second-order valence-electron chi connectivity index (χ2n) is 5.63. The first kappa shape index (κ1) is 15.4. The number of rotatable bonds is 3. The van der Waals surface area contributed by atoms with Crippen molar-refractivity contribution >= 4 is 10.9 Å². The molecule has 25 heavy (non-hydrogen) atoms. The summed E-state index contributed by atoms with van der Waals surface area (Å²) in [5.41, 5.74) is 1.50. The molecule has 7 heteroatoms. The maximum absolute atomic E-state index is 12.8. The summed E-state index contributed by atoms with van der Waals surface area (Å²) in [6.45, 7) is 0. The van der Waals surface area contributed by atoms with Crippen molar-refractivity contribution in [2.75, 3.05) is 0 Å². The normalized spacial score (nSPS) is 12.0. The van der Waals surface area contributed by atoms with Crippen molar-refractivity contribution in [3.8, 4) is 11.4 Å². The van der Waals surface area contributed by atoms with Crippen LogP contribution in [0.25, 0.3) is 22.3 Å². The Balaban J connectivity index is 1.62. The summed E-state index contributed by atoms with van der Waals surface area (Å²) < 4.78 is 43.7. The van der Waals surface area contributed by atoms with Crippen LogP contribution < -0.4 is 0 Å². The van der Waals surface area contributed by atoms with E-state index in [9.17, 15) is 13.2 Å². The highest BCUT2D eigenvalue weighted by Gasteiger charge is 2.30. The van der Waals surface area contributed by atoms with Gasteiger partial charge in [-0.15, -0.1) is 0 Å². The third kappa shape index (κ3) is 3.00. The number of nitrogens with one attached hydrogen (secondary N) is 1. The van der Waals surface area contributed by atoms with Crippen LogP contribution in [0.1, 0.15) is 17.0 Å². The van der Waals surface area contributed by atoms with Crippen molar-refractivity contribution in [1.29, 1.82) is 0 Å². The number of benzene rings is 2. The van der Waals surface area contributed by atoms with Crippen molar-refractivity contribution in [2.45, 2.75) is 12.6 Å². The highest BCUT2D eigenvalue weighted by molar-refractivity contribution is 5.83. The van der Waals surface area contributed by atoms with Gasteiger partial charge in [-0.1, -0.05) is 35.5 Å². The predicted molar refractivity (Wildman–Crippen MR) is 85.8 cm³/mol. The third-order valence-corrected chi connectivity index (χ3v) is 3.93. The monoisotopic (exact) mass is 343 g/mol. The standard InChI is InChI=1S/C18H12F3N3O/c19-18(20,21)13-5-3-4-11(8-13)17-23-16(25-24-17)9-12-10-22-15-7-2-1-6-14(12)15/h1-8,10,22H,9H2. The number of para-hydroxylation sites is 1. The number of halogens is 3. The Kier molecular flexibility index (Phi) is 3.56. The zero-order valence-corrected chi connectivity index (χ0v) is 12.8. The van der Waals surface area contributed by atoms with E-state index in [1.165, 1.54) is 12.1 Å². The van der Waals surface area contributed by atoms with E-state index < -0.39 is 11.7 Å². The summed E-state index contributed by atoms with van der Waals surface area (Å²) in [4.78, 5) is 7.38. The van der Waals surface area contributed by atoms with Crippen LogP contribution in [0.4, 0.5) is 13.2 Å². The largest absolute Gasteiger partial charge is 0.416 e. The maximum atomic E-state index is 12.8. The molecule has 1 N–H and O–H groups in total. The zero-order chi connectivity index (χ0) is 17.4. The molecule has 0 saturated carbocycles. The Labute approximate surface area is 140 Å². The van der Waals surface area contributed by atoms with Crippen molar-refractivity contribution in [3.63, 3.8) is 0 Å². The molecule has 4 rings (SSSR count). The van der Waals surface area contributed by atoms with E-state index in [0.717, 1.165) is 28.6 Å². The molecule has 4 aromatic rings. The van der Waals surface area contributed by atoms with Crippen LogP contribution in [0.15, 0.2) is 59.3 Å². The van der Waals surface area contributed by atoms with Crippen LogP contribution in [-0.2, 0) is 12.6 Å². The number of nitrogens with zero attached hydrogens (tertiary/aromatic N) is 2. The Bertz CT molecular complexity index is 1030. The van der Waals surface area contributed by atoms with Gasteiger partial charge in [0, 0.05) is 22.7 Å². The van der Waals surface area contributed by atoms with Crippen LogP contribution in [0.3, 0.4) is 0 Å². The third-order valence-electron chi connectivity index (χ3n) is 3.93. The summed E-state index contributed by atoms with van der Waals surface area (Å²) in [5.74, 6) is 0.484. The molecule has 0 saturated heterocycles. The second kappa shape index (κ2) is 5.77. The Morgan fingerprint density at radius 1 is 1.04 bits per heavy atom. The van der Waals surface area contributed by atoms with E-state index in [0.29, 0.717) is 12.3 Å². The minimum atomic E-state index is -4.41. The molecular weight excluding hydrogens is 331 g/mol. The minimum absolute atomic E-state index is 0.140. The van der Waals surface area contributed by atoms with E-state index in [-0.39, 0.29) is 11.4 Å². The predicted octanol–water partition coefficient (Wildman–Crippen LogP) is 4.83. The van der Waals surface area contributed by atoms with Crippen molar-refractivity contribution in [3.05, 3.63) is 71.7 Å². The summed E-state index contributed by atoms with van der Waals surface area (Å²) >= 11 is 0. The number of H-pyrrole nitrogens is 1. The summed E-state index contributed by atoms with van der Waals surface area (Å²) in [6.07, 6.45) is -2.15. The zero-order valence-electron chi connectivity index (χ0n) is 12.8. The molecule has 0 radical (unpaired) electrons. The van der Waals surface area contributed by atoms with Crippen LogP contribution in [-0.4, -0.2) is 15.1 Å². The van der Waals surface area contributed by atoms with Gasteiger partial charge in [-0.25, -0.2) is 0 Å².